The summed E-state index contributed by atoms with van der Waals surface area (Å²) in [4.78, 5) is 2.46. The third-order valence-electron chi connectivity index (χ3n) is 5.08. The largest absolute Gasteiger partial charge is 0.493 e. The lowest BCUT2D eigenvalue weighted by Crippen LogP contribution is -2.26. The Morgan fingerprint density at radius 1 is 0.964 bits per heavy atom. The first-order chi connectivity index (χ1) is 13.8. The minimum atomic E-state index is 0.625. The molecule has 1 aromatic heterocycles. The molecule has 0 spiro atoms. The van der Waals surface area contributed by atoms with E-state index >= 15 is 0 Å². The van der Waals surface area contributed by atoms with E-state index in [-0.39, 0.29) is 0 Å². The predicted molar refractivity (Wildman–Crippen MR) is 109 cm³/mol. The zero-order chi connectivity index (χ0) is 19.3. The van der Waals surface area contributed by atoms with Crippen LogP contribution < -0.4 is 9.47 Å². The quantitative estimate of drug-likeness (QED) is 0.658. The Hall–Kier alpha value is -2.86. The fraction of sp³-hybridized carbons (Fsp3) is 0.364. The summed E-state index contributed by atoms with van der Waals surface area (Å²) in [7, 11) is 1.67. The lowest BCUT2D eigenvalue weighted by atomic mass is 10.2. The number of hydrogen-bond acceptors (Lipinski definition) is 5. The van der Waals surface area contributed by atoms with Gasteiger partial charge in [0.1, 0.15) is 5.82 Å². The van der Waals surface area contributed by atoms with Gasteiger partial charge in [-0.25, -0.2) is 0 Å². The molecule has 6 heteroatoms. The summed E-state index contributed by atoms with van der Waals surface area (Å²) in [6, 6.07) is 16.5. The molecule has 1 aliphatic heterocycles. The number of aromatic nitrogens is 3. The van der Waals surface area contributed by atoms with Crippen LogP contribution in [0.1, 0.15) is 18.3 Å². The first-order valence-corrected chi connectivity index (χ1v) is 9.78. The lowest BCUT2D eigenvalue weighted by molar-refractivity contribution is 0.269. The molecule has 0 amide bonds. The maximum Gasteiger partial charge on any atom is 0.164 e. The van der Waals surface area contributed by atoms with Crippen LogP contribution in [-0.4, -0.2) is 46.5 Å². The molecular formula is C22H26N4O2. The van der Waals surface area contributed by atoms with E-state index in [4.69, 9.17) is 9.47 Å². The Morgan fingerprint density at radius 2 is 1.82 bits per heavy atom. The number of methoxy groups -OCH3 is 1. The highest BCUT2D eigenvalue weighted by Crippen LogP contribution is 2.29. The van der Waals surface area contributed by atoms with Crippen LogP contribution in [0, 0.1) is 0 Å². The molecule has 2 aromatic carbocycles. The molecule has 0 fully saturated rings. The summed E-state index contributed by atoms with van der Waals surface area (Å²) < 4.78 is 13.4. The summed E-state index contributed by atoms with van der Waals surface area (Å²) >= 11 is 0. The molecule has 28 heavy (non-hydrogen) atoms. The Morgan fingerprint density at radius 3 is 2.61 bits per heavy atom. The molecule has 4 rings (SSSR count). The summed E-state index contributed by atoms with van der Waals surface area (Å²) in [5.41, 5.74) is 2.34. The van der Waals surface area contributed by atoms with Crippen molar-refractivity contribution in [1.82, 2.24) is 19.7 Å². The van der Waals surface area contributed by atoms with E-state index in [0.29, 0.717) is 6.61 Å². The van der Waals surface area contributed by atoms with Crippen molar-refractivity contribution in [2.45, 2.75) is 26.4 Å². The molecule has 1 aliphatic rings. The molecule has 0 N–H and O–H groups in total. The van der Waals surface area contributed by atoms with Gasteiger partial charge in [-0.2, -0.15) is 0 Å². The highest BCUT2D eigenvalue weighted by Gasteiger charge is 2.20. The zero-order valence-electron chi connectivity index (χ0n) is 16.5. The number of benzene rings is 2. The summed E-state index contributed by atoms with van der Waals surface area (Å²) in [6.07, 6.45) is 0.897. The van der Waals surface area contributed by atoms with Crippen molar-refractivity contribution in [3.05, 3.63) is 59.9 Å². The summed E-state index contributed by atoms with van der Waals surface area (Å²) in [6.45, 7) is 6.30. The molecular weight excluding hydrogens is 352 g/mol. The van der Waals surface area contributed by atoms with Crippen molar-refractivity contribution in [2.24, 2.45) is 0 Å². The summed E-state index contributed by atoms with van der Waals surface area (Å²) in [5.74, 6) is 3.60. The summed E-state index contributed by atoms with van der Waals surface area (Å²) in [5, 5.41) is 8.88. The van der Waals surface area contributed by atoms with Gasteiger partial charge >= 0.3 is 0 Å². The highest BCUT2D eigenvalue weighted by atomic mass is 16.5. The standard InChI is InChI=1S/C22H26N4O2/c1-3-28-20-15-17(9-10-19(20)27-2)16-25-12-11-21-23-24-22(26(21)14-13-25)18-7-5-4-6-8-18/h4-10,15H,3,11-14,16H2,1-2H3. The fourth-order valence-electron chi connectivity index (χ4n) is 3.67. The molecule has 0 unspecified atom stereocenters. The number of ether oxygens (including phenoxy) is 2. The molecule has 146 valence electrons. The van der Waals surface area contributed by atoms with Gasteiger partial charge in [0.05, 0.1) is 13.7 Å². The third kappa shape index (κ3) is 3.87. The fourth-order valence-corrected chi connectivity index (χ4v) is 3.67. The first kappa shape index (κ1) is 18.5. The highest BCUT2D eigenvalue weighted by molar-refractivity contribution is 5.55. The van der Waals surface area contributed by atoms with E-state index in [1.807, 2.05) is 31.2 Å². The van der Waals surface area contributed by atoms with Crippen LogP contribution in [0.2, 0.25) is 0 Å². The molecule has 0 saturated heterocycles. The van der Waals surface area contributed by atoms with E-state index < -0.39 is 0 Å². The van der Waals surface area contributed by atoms with Gasteiger partial charge in [-0.3, -0.25) is 4.90 Å². The van der Waals surface area contributed by atoms with Crippen molar-refractivity contribution in [1.29, 1.82) is 0 Å². The normalized spacial score (nSPS) is 14.4. The van der Waals surface area contributed by atoms with Crippen LogP contribution in [0.15, 0.2) is 48.5 Å². The molecule has 0 bridgehead atoms. The van der Waals surface area contributed by atoms with Gasteiger partial charge in [0, 0.05) is 38.2 Å². The third-order valence-corrected chi connectivity index (χ3v) is 5.08. The van der Waals surface area contributed by atoms with Crippen molar-refractivity contribution in [2.75, 3.05) is 26.8 Å². The van der Waals surface area contributed by atoms with Gasteiger partial charge in [0.15, 0.2) is 17.3 Å². The maximum atomic E-state index is 5.72. The van der Waals surface area contributed by atoms with Crippen LogP contribution in [0.3, 0.4) is 0 Å². The molecule has 0 radical (unpaired) electrons. The van der Waals surface area contributed by atoms with E-state index in [2.05, 4.69) is 43.9 Å². The second-order valence-electron chi connectivity index (χ2n) is 6.90. The van der Waals surface area contributed by atoms with Gasteiger partial charge in [0.2, 0.25) is 0 Å². The number of nitrogens with zero attached hydrogens (tertiary/aromatic N) is 4. The van der Waals surface area contributed by atoms with Crippen LogP contribution in [0.4, 0.5) is 0 Å². The van der Waals surface area contributed by atoms with Gasteiger partial charge < -0.3 is 14.0 Å². The molecule has 0 saturated carbocycles. The van der Waals surface area contributed by atoms with Crippen molar-refractivity contribution >= 4 is 0 Å². The Kier molecular flexibility index (Phi) is 5.58. The topological polar surface area (TPSA) is 52.4 Å². The number of rotatable bonds is 6. The van der Waals surface area contributed by atoms with E-state index in [9.17, 15) is 0 Å². The zero-order valence-corrected chi connectivity index (χ0v) is 16.5. The molecule has 0 aliphatic carbocycles. The van der Waals surface area contributed by atoms with E-state index in [1.165, 1.54) is 5.56 Å². The smallest absolute Gasteiger partial charge is 0.164 e. The Bertz CT molecular complexity index is 924. The minimum absolute atomic E-state index is 0.625. The van der Waals surface area contributed by atoms with Gasteiger partial charge in [-0.1, -0.05) is 36.4 Å². The number of fused-ring (bicyclic) bond motifs is 1. The monoisotopic (exact) mass is 378 g/mol. The van der Waals surface area contributed by atoms with Gasteiger partial charge in [0.25, 0.3) is 0 Å². The van der Waals surface area contributed by atoms with Crippen molar-refractivity contribution in [3.8, 4) is 22.9 Å². The van der Waals surface area contributed by atoms with Crippen LogP contribution in [-0.2, 0) is 19.5 Å². The maximum absolute atomic E-state index is 5.72. The van der Waals surface area contributed by atoms with Crippen LogP contribution in [0.5, 0.6) is 11.5 Å². The SMILES string of the molecule is CCOc1cc(CN2CCc3nnc(-c4ccccc4)n3CC2)ccc1OC. The average Bonchev–Trinajstić information content (AvgIpc) is 3.04. The second kappa shape index (κ2) is 8.44. The molecule has 0 atom stereocenters. The molecule has 3 aromatic rings. The second-order valence-corrected chi connectivity index (χ2v) is 6.90. The lowest BCUT2D eigenvalue weighted by Gasteiger charge is -2.20. The van der Waals surface area contributed by atoms with E-state index in [0.717, 1.165) is 61.3 Å². The van der Waals surface area contributed by atoms with Crippen molar-refractivity contribution in [3.63, 3.8) is 0 Å². The Labute approximate surface area is 165 Å². The molecule has 2 heterocycles. The first-order valence-electron chi connectivity index (χ1n) is 9.78. The van der Waals surface area contributed by atoms with E-state index in [1.54, 1.807) is 7.11 Å². The average molecular weight is 378 g/mol. The van der Waals surface area contributed by atoms with Gasteiger partial charge in [-0.05, 0) is 24.6 Å². The number of hydrogen-bond donors (Lipinski definition) is 0. The molecule has 6 nitrogen and oxygen atoms in total. The van der Waals surface area contributed by atoms with Crippen molar-refractivity contribution < 1.29 is 9.47 Å². The minimum Gasteiger partial charge on any atom is -0.493 e. The van der Waals surface area contributed by atoms with Crippen LogP contribution >= 0.6 is 0 Å². The Balaban J connectivity index is 1.48. The van der Waals surface area contributed by atoms with Crippen LogP contribution in [0.25, 0.3) is 11.4 Å². The van der Waals surface area contributed by atoms with Gasteiger partial charge in [-0.15, -0.1) is 10.2 Å². The predicted octanol–water partition coefficient (Wildman–Crippen LogP) is 3.41.